The monoisotopic (exact) mass is 257 g/mol. The Kier molecular flexibility index (Phi) is 5.56. The quantitative estimate of drug-likeness (QED) is 0.737. The van der Waals surface area contributed by atoms with E-state index in [-0.39, 0.29) is 17.4 Å². The van der Waals surface area contributed by atoms with Crippen molar-refractivity contribution in [1.82, 2.24) is 9.80 Å². The maximum absolute atomic E-state index is 12.1. The van der Waals surface area contributed by atoms with Crippen LogP contribution in [-0.2, 0) is 4.79 Å². The van der Waals surface area contributed by atoms with Crippen molar-refractivity contribution in [3.05, 3.63) is 0 Å². The molecule has 0 saturated carbocycles. The van der Waals surface area contributed by atoms with Crippen LogP contribution in [0.1, 0.15) is 27.2 Å². The molecule has 0 aromatic heterocycles. The zero-order valence-electron chi connectivity index (χ0n) is 11.9. The summed E-state index contributed by atoms with van der Waals surface area (Å²) in [5.74, 6) is 0.213. The highest BCUT2D eigenvalue weighted by Crippen LogP contribution is 2.18. The van der Waals surface area contributed by atoms with Gasteiger partial charge in [0.25, 0.3) is 0 Å². The lowest BCUT2D eigenvalue weighted by Gasteiger charge is -2.38. The minimum absolute atomic E-state index is 0.213. The van der Waals surface area contributed by atoms with Crippen LogP contribution in [0.4, 0.5) is 0 Å². The molecule has 0 aromatic rings. The molecule has 1 saturated heterocycles. The zero-order chi connectivity index (χ0) is 13.8. The summed E-state index contributed by atoms with van der Waals surface area (Å²) in [6.07, 6.45) is 0.293. The van der Waals surface area contributed by atoms with Crippen molar-refractivity contribution in [2.75, 3.05) is 39.3 Å². The molecule has 0 spiro atoms. The summed E-state index contributed by atoms with van der Waals surface area (Å²) in [5.41, 5.74) is 5.11. The number of aliphatic hydroxyl groups excluding tert-OH is 1. The van der Waals surface area contributed by atoms with Crippen molar-refractivity contribution < 1.29 is 9.90 Å². The molecule has 0 aliphatic carbocycles. The number of carbonyl (C=O) groups excluding carboxylic acids is 1. The SMILES string of the molecule is CC(C)(C)C(=O)N1CCN(CC(O)CCN)CC1. The average Bonchev–Trinajstić information content (AvgIpc) is 2.28. The number of nitrogens with two attached hydrogens (primary N) is 1. The third kappa shape index (κ3) is 4.55. The van der Waals surface area contributed by atoms with Crippen LogP contribution in [-0.4, -0.2) is 66.2 Å². The van der Waals surface area contributed by atoms with Gasteiger partial charge in [0.1, 0.15) is 0 Å². The number of rotatable bonds is 4. The molecule has 0 aromatic carbocycles. The Morgan fingerprint density at radius 2 is 1.83 bits per heavy atom. The molecule has 1 aliphatic rings. The van der Waals surface area contributed by atoms with E-state index in [1.165, 1.54) is 0 Å². The predicted octanol–water partition coefficient (Wildman–Crippen LogP) is -0.114. The second kappa shape index (κ2) is 6.50. The van der Waals surface area contributed by atoms with E-state index >= 15 is 0 Å². The molecule has 3 N–H and O–H groups in total. The number of nitrogens with zero attached hydrogens (tertiary/aromatic N) is 2. The highest BCUT2D eigenvalue weighted by Gasteiger charge is 2.29. The molecular formula is C13H27N3O2. The number of piperazine rings is 1. The van der Waals surface area contributed by atoms with Gasteiger partial charge in [-0.3, -0.25) is 9.69 Å². The van der Waals surface area contributed by atoms with Crippen molar-refractivity contribution in [3.63, 3.8) is 0 Å². The van der Waals surface area contributed by atoms with Gasteiger partial charge in [-0.25, -0.2) is 0 Å². The van der Waals surface area contributed by atoms with Gasteiger partial charge in [-0.1, -0.05) is 20.8 Å². The van der Waals surface area contributed by atoms with Crippen LogP contribution in [0.5, 0.6) is 0 Å². The highest BCUT2D eigenvalue weighted by molar-refractivity contribution is 5.81. The standard InChI is InChI=1S/C13H27N3O2/c1-13(2,3)12(18)16-8-6-15(7-9-16)10-11(17)4-5-14/h11,17H,4-10,14H2,1-3H3. The lowest BCUT2D eigenvalue weighted by molar-refractivity contribution is -0.141. The molecule has 1 amide bonds. The summed E-state index contributed by atoms with van der Waals surface area (Å²) in [4.78, 5) is 16.2. The van der Waals surface area contributed by atoms with Gasteiger partial charge in [0.15, 0.2) is 0 Å². The van der Waals surface area contributed by atoms with Gasteiger partial charge in [-0.05, 0) is 13.0 Å². The summed E-state index contributed by atoms with van der Waals surface area (Å²) in [6.45, 7) is 10.2. The van der Waals surface area contributed by atoms with Crippen LogP contribution < -0.4 is 5.73 Å². The highest BCUT2D eigenvalue weighted by atomic mass is 16.3. The van der Waals surface area contributed by atoms with E-state index in [0.29, 0.717) is 19.5 Å². The van der Waals surface area contributed by atoms with E-state index < -0.39 is 0 Å². The second-order valence-corrected chi connectivity index (χ2v) is 6.07. The summed E-state index contributed by atoms with van der Waals surface area (Å²) in [7, 11) is 0. The Labute approximate surface area is 110 Å². The van der Waals surface area contributed by atoms with Crippen LogP contribution >= 0.6 is 0 Å². The molecule has 0 bridgehead atoms. The van der Waals surface area contributed by atoms with E-state index in [4.69, 9.17) is 5.73 Å². The Morgan fingerprint density at radius 3 is 2.28 bits per heavy atom. The molecule has 1 rings (SSSR count). The van der Waals surface area contributed by atoms with E-state index in [1.807, 2.05) is 25.7 Å². The molecule has 1 atom stereocenters. The molecule has 1 unspecified atom stereocenters. The van der Waals surface area contributed by atoms with Gasteiger partial charge < -0.3 is 15.7 Å². The van der Waals surface area contributed by atoms with Crippen LogP contribution in [0.25, 0.3) is 0 Å². The first-order chi connectivity index (χ1) is 8.34. The first kappa shape index (κ1) is 15.4. The van der Waals surface area contributed by atoms with Crippen molar-refractivity contribution in [1.29, 1.82) is 0 Å². The van der Waals surface area contributed by atoms with Crippen molar-refractivity contribution in [2.24, 2.45) is 11.1 Å². The number of hydrogen-bond donors (Lipinski definition) is 2. The normalized spacial score (nSPS) is 19.9. The largest absolute Gasteiger partial charge is 0.392 e. The third-order valence-electron chi connectivity index (χ3n) is 3.27. The smallest absolute Gasteiger partial charge is 0.228 e. The Balaban J connectivity index is 2.35. The maximum Gasteiger partial charge on any atom is 0.228 e. The van der Waals surface area contributed by atoms with E-state index in [0.717, 1.165) is 26.2 Å². The lowest BCUT2D eigenvalue weighted by Crippen LogP contribution is -2.52. The number of amides is 1. The topological polar surface area (TPSA) is 69.8 Å². The number of hydrogen-bond acceptors (Lipinski definition) is 4. The van der Waals surface area contributed by atoms with Gasteiger partial charge in [0.2, 0.25) is 5.91 Å². The minimum Gasteiger partial charge on any atom is -0.392 e. The average molecular weight is 257 g/mol. The fourth-order valence-electron chi connectivity index (χ4n) is 2.19. The van der Waals surface area contributed by atoms with Gasteiger partial charge in [0, 0.05) is 38.1 Å². The van der Waals surface area contributed by atoms with Crippen LogP contribution in [0, 0.1) is 5.41 Å². The molecule has 1 heterocycles. The summed E-state index contributed by atoms with van der Waals surface area (Å²) in [6, 6.07) is 0. The van der Waals surface area contributed by atoms with E-state index in [1.54, 1.807) is 0 Å². The molecule has 0 radical (unpaired) electrons. The van der Waals surface area contributed by atoms with Crippen LogP contribution in [0.15, 0.2) is 0 Å². The van der Waals surface area contributed by atoms with Gasteiger partial charge in [0.05, 0.1) is 6.10 Å². The van der Waals surface area contributed by atoms with Gasteiger partial charge in [-0.15, -0.1) is 0 Å². The molecule has 1 fully saturated rings. The van der Waals surface area contributed by atoms with E-state index in [2.05, 4.69) is 4.90 Å². The number of carbonyl (C=O) groups is 1. The molecule has 1 aliphatic heterocycles. The number of β-amino-alcohol motifs (C(OH)–C–C–N with tert-alkyl or cyclic N) is 1. The molecule has 5 heteroatoms. The molecular weight excluding hydrogens is 230 g/mol. The Bertz CT molecular complexity index is 268. The lowest BCUT2D eigenvalue weighted by atomic mass is 9.94. The Morgan fingerprint density at radius 1 is 1.28 bits per heavy atom. The van der Waals surface area contributed by atoms with Gasteiger partial charge in [-0.2, -0.15) is 0 Å². The fraction of sp³-hybridized carbons (Fsp3) is 0.923. The molecule has 106 valence electrons. The minimum atomic E-state index is -0.347. The zero-order valence-corrected chi connectivity index (χ0v) is 11.9. The Hall–Kier alpha value is -0.650. The van der Waals surface area contributed by atoms with Gasteiger partial charge >= 0.3 is 0 Å². The fourth-order valence-corrected chi connectivity index (χ4v) is 2.19. The summed E-state index contributed by atoms with van der Waals surface area (Å²) < 4.78 is 0. The molecule has 18 heavy (non-hydrogen) atoms. The summed E-state index contributed by atoms with van der Waals surface area (Å²) >= 11 is 0. The first-order valence-electron chi connectivity index (χ1n) is 6.74. The van der Waals surface area contributed by atoms with E-state index in [9.17, 15) is 9.90 Å². The maximum atomic E-state index is 12.1. The summed E-state index contributed by atoms with van der Waals surface area (Å²) in [5, 5.41) is 9.70. The van der Waals surface area contributed by atoms with Crippen molar-refractivity contribution in [3.8, 4) is 0 Å². The van der Waals surface area contributed by atoms with Crippen LogP contribution in [0.2, 0.25) is 0 Å². The first-order valence-corrected chi connectivity index (χ1v) is 6.74. The predicted molar refractivity (Wildman–Crippen MR) is 72.2 cm³/mol. The van der Waals surface area contributed by atoms with Crippen molar-refractivity contribution in [2.45, 2.75) is 33.3 Å². The second-order valence-electron chi connectivity index (χ2n) is 6.07. The third-order valence-corrected chi connectivity index (χ3v) is 3.27. The van der Waals surface area contributed by atoms with Crippen molar-refractivity contribution >= 4 is 5.91 Å². The van der Waals surface area contributed by atoms with Crippen LogP contribution in [0.3, 0.4) is 0 Å². The number of aliphatic hydroxyl groups is 1. The molecule has 5 nitrogen and oxygen atoms in total.